The smallest absolute Gasteiger partial charge is 0.253 e. The Hall–Kier alpha value is -1.43. The van der Waals surface area contributed by atoms with Gasteiger partial charge in [-0.3, -0.25) is 9.69 Å². The summed E-state index contributed by atoms with van der Waals surface area (Å²) >= 11 is 0. The zero-order valence-electron chi connectivity index (χ0n) is 14.7. The molecule has 0 spiro atoms. The van der Waals surface area contributed by atoms with Crippen molar-refractivity contribution in [3.63, 3.8) is 0 Å². The van der Waals surface area contributed by atoms with Crippen molar-refractivity contribution < 1.29 is 9.90 Å². The summed E-state index contributed by atoms with van der Waals surface area (Å²) in [6, 6.07) is 8.89. The van der Waals surface area contributed by atoms with Gasteiger partial charge in [0, 0.05) is 51.4 Å². The fourth-order valence-corrected chi connectivity index (χ4v) is 4.01. The summed E-state index contributed by atoms with van der Waals surface area (Å²) in [6.07, 6.45) is 4.39. The van der Waals surface area contributed by atoms with Crippen LogP contribution < -0.4 is 5.32 Å². The number of hydrogen-bond donors (Lipinski definition) is 2. The molecule has 3 rings (SSSR count). The maximum absolute atomic E-state index is 12.1. The van der Waals surface area contributed by atoms with E-state index in [4.69, 9.17) is 0 Å². The molecule has 24 heavy (non-hydrogen) atoms. The van der Waals surface area contributed by atoms with Gasteiger partial charge in [-0.15, -0.1) is 0 Å². The number of carbonyl (C=O) groups is 1. The number of carbonyl (C=O) groups excluding carboxylic acids is 1. The second-order valence-electron chi connectivity index (χ2n) is 7.32. The SMILES string of the molecule is CN(C)C(=O)c1cccc(CN[C@@H]2CCC[C@@H]2N2CCC(O)C2)c1. The summed E-state index contributed by atoms with van der Waals surface area (Å²) in [6.45, 7) is 2.61. The molecule has 1 saturated heterocycles. The first-order valence-electron chi connectivity index (χ1n) is 9.00. The van der Waals surface area contributed by atoms with Crippen molar-refractivity contribution >= 4 is 5.91 Å². The van der Waals surface area contributed by atoms with E-state index < -0.39 is 0 Å². The van der Waals surface area contributed by atoms with E-state index >= 15 is 0 Å². The number of likely N-dealkylation sites (tertiary alicyclic amines) is 1. The average molecular weight is 331 g/mol. The van der Waals surface area contributed by atoms with E-state index in [1.807, 2.05) is 18.2 Å². The third-order valence-corrected chi connectivity index (χ3v) is 5.29. The second-order valence-corrected chi connectivity index (χ2v) is 7.32. The highest BCUT2D eigenvalue weighted by atomic mass is 16.3. The Labute approximate surface area is 144 Å². The van der Waals surface area contributed by atoms with Crippen LogP contribution in [-0.4, -0.2) is 66.2 Å². The van der Waals surface area contributed by atoms with Crippen LogP contribution in [0.4, 0.5) is 0 Å². The van der Waals surface area contributed by atoms with Crippen molar-refractivity contribution in [3.8, 4) is 0 Å². The summed E-state index contributed by atoms with van der Waals surface area (Å²) < 4.78 is 0. The lowest BCUT2D eigenvalue weighted by atomic mass is 10.1. The number of aliphatic hydroxyl groups excluding tert-OH is 1. The molecule has 0 aromatic heterocycles. The van der Waals surface area contributed by atoms with Crippen molar-refractivity contribution in [1.29, 1.82) is 0 Å². The largest absolute Gasteiger partial charge is 0.392 e. The molecular formula is C19H29N3O2. The molecule has 1 unspecified atom stereocenters. The molecular weight excluding hydrogens is 302 g/mol. The van der Waals surface area contributed by atoms with Crippen LogP contribution in [0.1, 0.15) is 41.6 Å². The van der Waals surface area contributed by atoms with Crippen molar-refractivity contribution in [3.05, 3.63) is 35.4 Å². The molecule has 5 heteroatoms. The van der Waals surface area contributed by atoms with Gasteiger partial charge in [-0.1, -0.05) is 18.6 Å². The van der Waals surface area contributed by atoms with Crippen LogP contribution in [0.25, 0.3) is 0 Å². The van der Waals surface area contributed by atoms with Gasteiger partial charge in [-0.2, -0.15) is 0 Å². The molecule has 132 valence electrons. The van der Waals surface area contributed by atoms with Crippen LogP contribution in [0.5, 0.6) is 0 Å². The Morgan fingerprint density at radius 2 is 2.17 bits per heavy atom. The van der Waals surface area contributed by atoms with Gasteiger partial charge in [0.15, 0.2) is 0 Å². The van der Waals surface area contributed by atoms with Crippen molar-refractivity contribution in [2.24, 2.45) is 0 Å². The molecule has 1 saturated carbocycles. The second kappa shape index (κ2) is 7.64. The lowest BCUT2D eigenvalue weighted by molar-refractivity contribution is 0.0827. The summed E-state index contributed by atoms with van der Waals surface area (Å²) in [5, 5.41) is 13.5. The van der Waals surface area contributed by atoms with Crippen LogP contribution in [0.2, 0.25) is 0 Å². The Balaban J connectivity index is 1.59. The lowest BCUT2D eigenvalue weighted by Crippen LogP contribution is -2.46. The highest BCUT2D eigenvalue weighted by Gasteiger charge is 2.35. The number of rotatable bonds is 5. The molecule has 0 bridgehead atoms. The van der Waals surface area contributed by atoms with E-state index in [1.165, 1.54) is 19.3 Å². The number of benzene rings is 1. The number of nitrogens with zero attached hydrogens (tertiary/aromatic N) is 2. The molecule has 2 fully saturated rings. The third kappa shape index (κ3) is 3.97. The summed E-state index contributed by atoms with van der Waals surface area (Å²) in [7, 11) is 3.56. The van der Waals surface area contributed by atoms with E-state index in [0.717, 1.165) is 37.2 Å². The van der Waals surface area contributed by atoms with E-state index in [2.05, 4.69) is 16.3 Å². The number of nitrogens with one attached hydrogen (secondary N) is 1. The molecule has 1 aliphatic heterocycles. The highest BCUT2D eigenvalue weighted by Crippen LogP contribution is 2.27. The summed E-state index contributed by atoms with van der Waals surface area (Å²) in [5.41, 5.74) is 1.89. The van der Waals surface area contributed by atoms with Gasteiger partial charge in [0.05, 0.1) is 6.10 Å². The Morgan fingerprint density at radius 1 is 1.33 bits per heavy atom. The van der Waals surface area contributed by atoms with Gasteiger partial charge in [-0.05, 0) is 37.0 Å². The summed E-state index contributed by atoms with van der Waals surface area (Å²) in [5.74, 6) is 0.0432. The maximum Gasteiger partial charge on any atom is 0.253 e. The van der Waals surface area contributed by atoms with Crippen molar-refractivity contribution in [2.75, 3.05) is 27.2 Å². The van der Waals surface area contributed by atoms with Crippen LogP contribution in [0.3, 0.4) is 0 Å². The van der Waals surface area contributed by atoms with Crippen LogP contribution in [0.15, 0.2) is 24.3 Å². The fraction of sp³-hybridized carbons (Fsp3) is 0.632. The standard InChI is InChI=1S/C19H29N3O2/c1-21(2)19(24)15-6-3-5-14(11-15)12-20-17-7-4-8-18(17)22-10-9-16(23)13-22/h3,5-6,11,16-18,20,23H,4,7-10,12-13H2,1-2H3/t16?,17-,18+/m1/s1. The molecule has 1 heterocycles. The molecule has 5 nitrogen and oxygen atoms in total. The monoisotopic (exact) mass is 331 g/mol. The normalized spacial score (nSPS) is 27.5. The van der Waals surface area contributed by atoms with E-state index in [9.17, 15) is 9.90 Å². The molecule has 1 amide bonds. The first-order valence-corrected chi connectivity index (χ1v) is 9.00. The molecule has 2 aliphatic rings. The lowest BCUT2D eigenvalue weighted by Gasteiger charge is -2.30. The number of hydrogen-bond acceptors (Lipinski definition) is 4. The highest BCUT2D eigenvalue weighted by molar-refractivity contribution is 5.94. The average Bonchev–Trinajstić information content (AvgIpc) is 3.20. The van der Waals surface area contributed by atoms with Crippen LogP contribution in [0, 0.1) is 0 Å². The van der Waals surface area contributed by atoms with Gasteiger partial charge in [0.2, 0.25) is 0 Å². The first kappa shape index (κ1) is 17.4. The quantitative estimate of drug-likeness (QED) is 0.858. The molecule has 1 aliphatic carbocycles. The number of amides is 1. The molecule has 2 N–H and O–H groups in total. The number of β-amino-alcohol motifs (C(OH)–C–C–N with tert-alkyl or cyclic N) is 1. The van der Waals surface area contributed by atoms with Gasteiger partial charge < -0.3 is 15.3 Å². The van der Waals surface area contributed by atoms with Gasteiger partial charge in [0.25, 0.3) is 5.91 Å². The third-order valence-electron chi connectivity index (χ3n) is 5.29. The molecule has 0 radical (unpaired) electrons. The maximum atomic E-state index is 12.1. The van der Waals surface area contributed by atoms with Gasteiger partial charge in [0.1, 0.15) is 0 Å². The predicted octanol–water partition coefficient (Wildman–Crippen LogP) is 1.47. The Morgan fingerprint density at radius 3 is 2.88 bits per heavy atom. The topological polar surface area (TPSA) is 55.8 Å². The van der Waals surface area contributed by atoms with Crippen LogP contribution in [-0.2, 0) is 6.54 Å². The zero-order valence-corrected chi connectivity index (χ0v) is 14.7. The molecule has 1 aromatic rings. The minimum absolute atomic E-state index is 0.0432. The first-order chi connectivity index (χ1) is 11.5. The minimum atomic E-state index is -0.153. The molecule has 1 aromatic carbocycles. The van der Waals surface area contributed by atoms with E-state index in [-0.39, 0.29) is 12.0 Å². The predicted molar refractivity (Wildman–Crippen MR) is 94.9 cm³/mol. The minimum Gasteiger partial charge on any atom is -0.392 e. The van der Waals surface area contributed by atoms with Crippen molar-refractivity contribution in [1.82, 2.24) is 15.1 Å². The van der Waals surface area contributed by atoms with E-state index in [0.29, 0.717) is 12.1 Å². The Kier molecular flexibility index (Phi) is 5.54. The fourth-order valence-electron chi connectivity index (χ4n) is 4.01. The Bertz CT molecular complexity index is 575. The summed E-state index contributed by atoms with van der Waals surface area (Å²) in [4.78, 5) is 16.1. The van der Waals surface area contributed by atoms with Gasteiger partial charge in [-0.25, -0.2) is 0 Å². The van der Waals surface area contributed by atoms with Gasteiger partial charge >= 0.3 is 0 Å². The zero-order chi connectivity index (χ0) is 17.1. The van der Waals surface area contributed by atoms with Crippen molar-refractivity contribution in [2.45, 2.75) is 50.4 Å². The molecule has 3 atom stereocenters. The number of aliphatic hydroxyl groups is 1. The van der Waals surface area contributed by atoms with Crippen LogP contribution >= 0.6 is 0 Å². The van der Waals surface area contributed by atoms with E-state index in [1.54, 1.807) is 19.0 Å².